The minimum Gasteiger partial charge on any atom is -0.335 e. The van der Waals surface area contributed by atoms with Crippen molar-refractivity contribution in [2.24, 2.45) is 0 Å². The number of nitrogens with one attached hydrogen (secondary N) is 1. The van der Waals surface area contributed by atoms with Crippen LogP contribution in [0.1, 0.15) is 15.4 Å². The van der Waals surface area contributed by atoms with Gasteiger partial charge in [-0.1, -0.05) is 23.7 Å². The molecule has 7 heteroatoms. The predicted molar refractivity (Wildman–Crippen MR) is 93.3 cm³/mol. The maximum atomic E-state index is 12.6. The van der Waals surface area contributed by atoms with Crippen molar-refractivity contribution in [3.05, 3.63) is 39.9 Å². The first-order valence-electron chi connectivity index (χ1n) is 6.88. The highest BCUT2D eigenvalue weighted by atomic mass is 35.5. The fourth-order valence-corrected chi connectivity index (χ4v) is 3.49. The van der Waals surface area contributed by atoms with Crippen molar-refractivity contribution in [2.75, 3.05) is 26.2 Å². The average molecular weight is 358 g/mol. The van der Waals surface area contributed by atoms with Crippen molar-refractivity contribution in [1.82, 2.24) is 15.2 Å². The minimum atomic E-state index is 0. The van der Waals surface area contributed by atoms with E-state index < -0.39 is 0 Å². The number of halogens is 2. The molecule has 1 saturated heterocycles. The highest BCUT2D eigenvalue weighted by Gasteiger charge is 2.23. The van der Waals surface area contributed by atoms with Crippen molar-refractivity contribution in [3.63, 3.8) is 0 Å². The second-order valence-electron chi connectivity index (χ2n) is 4.98. The van der Waals surface area contributed by atoms with Crippen LogP contribution in [0.3, 0.4) is 0 Å². The Hall–Kier alpha value is -1.14. The summed E-state index contributed by atoms with van der Waals surface area (Å²) >= 11 is 7.36. The van der Waals surface area contributed by atoms with Gasteiger partial charge in [-0.15, -0.1) is 23.7 Å². The van der Waals surface area contributed by atoms with Crippen LogP contribution in [-0.4, -0.2) is 42.0 Å². The highest BCUT2D eigenvalue weighted by molar-refractivity contribution is 7.17. The molecule has 1 fully saturated rings. The van der Waals surface area contributed by atoms with Gasteiger partial charge in [-0.25, -0.2) is 4.98 Å². The average Bonchev–Trinajstić information content (AvgIpc) is 2.90. The first-order chi connectivity index (χ1) is 10.1. The number of nitrogens with zero attached hydrogens (tertiary/aromatic N) is 2. The molecule has 0 atom stereocenters. The quantitative estimate of drug-likeness (QED) is 0.897. The summed E-state index contributed by atoms with van der Waals surface area (Å²) in [6, 6.07) is 7.54. The van der Waals surface area contributed by atoms with Crippen LogP contribution in [0.15, 0.2) is 24.3 Å². The summed E-state index contributed by atoms with van der Waals surface area (Å²) in [6.07, 6.45) is 0. The molecule has 1 amide bonds. The van der Waals surface area contributed by atoms with E-state index in [1.807, 2.05) is 36.1 Å². The summed E-state index contributed by atoms with van der Waals surface area (Å²) in [6.45, 7) is 5.12. The fourth-order valence-electron chi connectivity index (χ4n) is 2.32. The van der Waals surface area contributed by atoms with E-state index in [9.17, 15) is 4.79 Å². The zero-order valence-electron chi connectivity index (χ0n) is 12.1. The second kappa shape index (κ2) is 7.42. The number of thiazole rings is 1. The second-order valence-corrected chi connectivity index (χ2v) is 6.42. The third-order valence-electron chi connectivity index (χ3n) is 3.49. The van der Waals surface area contributed by atoms with Crippen LogP contribution in [0.5, 0.6) is 0 Å². The number of carbonyl (C=O) groups is 1. The molecular formula is C15H17Cl2N3OS. The van der Waals surface area contributed by atoms with Gasteiger partial charge in [0.2, 0.25) is 0 Å². The molecule has 1 aromatic heterocycles. The van der Waals surface area contributed by atoms with Crippen LogP contribution in [0.25, 0.3) is 10.6 Å². The zero-order chi connectivity index (χ0) is 14.8. The largest absolute Gasteiger partial charge is 0.335 e. The number of rotatable bonds is 2. The van der Waals surface area contributed by atoms with Gasteiger partial charge in [0.15, 0.2) is 0 Å². The summed E-state index contributed by atoms with van der Waals surface area (Å²) in [4.78, 5) is 19.7. The number of hydrogen-bond acceptors (Lipinski definition) is 4. The maximum absolute atomic E-state index is 12.6. The lowest BCUT2D eigenvalue weighted by Crippen LogP contribution is -2.46. The molecule has 118 valence electrons. The molecule has 22 heavy (non-hydrogen) atoms. The zero-order valence-corrected chi connectivity index (χ0v) is 14.5. The summed E-state index contributed by atoms with van der Waals surface area (Å²) in [7, 11) is 0. The highest BCUT2D eigenvalue weighted by Crippen LogP contribution is 2.29. The molecule has 1 aromatic carbocycles. The van der Waals surface area contributed by atoms with Gasteiger partial charge in [0.1, 0.15) is 9.88 Å². The van der Waals surface area contributed by atoms with Crippen molar-refractivity contribution in [3.8, 4) is 10.6 Å². The van der Waals surface area contributed by atoms with E-state index in [1.165, 1.54) is 11.3 Å². The Bertz CT molecular complexity index is 651. The molecule has 1 aliphatic heterocycles. The molecule has 0 spiro atoms. The smallest absolute Gasteiger partial charge is 0.265 e. The van der Waals surface area contributed by atoms with Crippen LogP contribution in [-0.2, 0) is 0 Å². The van der Waals surface area contributed by atoms with Crippen LogP contribution >= 0.6 is 35.3 Å². The molecule has 0 aliphatic carbocycles. The third-order valence-corrected chi connectivity index (χ3v) is 4.93. The molecule has 0 bridgehead atoms. The van der Waals surface area contributed by atoms with Crippen molar-refractivity contribution >= 4 is 41.3 Å². The lowest BCUT2D eigenvalue weighted by Gasteiger charge is -2.27. The summed E-state index contributed by atoms with van der Waals surface area (Å²) < 4.78 is 0. The molecule has 3 rings (SSSR count). The Morgan fingerprint density at radius 2 is 1.91 bits per heavy atom. The van der Waals surface area contributed by atoms with E-state index in [2.05, 4.69) is 10.3 Å². The number of amides is 1. The van der Waals surface area contributed by atoms with Crippen LogP contribution < -0.4 is 5.32 Å². The number of aryl methyl sites for hydroxylation is 1. The Kier molecular flexibility index (Phi) is 5.81. The van der Waals surface area contributed by atoms with Gasteiger partial charge in [-0.05, 0) is 19.1 Å². The summed E-state index contributed by atoms with van der Waals surface area (Å²) in [5.41, 5.74) is 1.79. The van der Waals surface area contributed by atoms with E-state index in [0.29, 0.717) is 5.02 Å². The van der Waals surface area contributed by atoms with E-state index in [0.717, 1.165) is 47.3 Å². The van der Waals surface area contributed by atoms with Gasteiger partial charge in [-0.3, -0.25) is 4.79 Å². The standard InChI is InChI=1S/C15H16ClN3OS.ClH/c1-10-13(15(20)19-8-6-17-7-9-19)21-14(18-10)11-2-4-12(16)5-3-11;/h2-5,17H,6-9H2,1H3;1H. The number of hydrogen-bond donors (Lipinski definition) is 1. The van der Waals surface area contributed by atoms with E-state index in [1.54, 1.807) is 0 Å². The van der Waals surface area contributed by atoms with Gasteiger partial charge < -0.3 is 10.2 Å². The fraction of sp³-hybridized carbons (Fsp3) is 0.333. The molecular weight excluding hydrogens is 341 g/mol. The molecule has 1 aliphatic rings. The maximum Gasteiger partial charge on any atom is 0.265 e. The first-order valence-corrected chi connectivity index (χ1v) is 8.08. The van der Waals surface area contributed by atoms with Gasteiger partial charge in [0.25, 0.3) is 5.91 Å². The molecule has 2 aromatic rings. The van der Waals surface area contributed by atoms with E-state index in [-0.39, 0.29) is 18.3 Å². The van der Waals surface area contributed by atoms with E-state index in [4.69, 9.17) is 11.6 Å². The van der Waals surface area contributed by atoms with Gasteiger partial charge in [-0.2, -0.15) is 0 Å². The lowest BCUT2D eigenvalue weighted by molar-refractivity contribution is 0.0740. The Morgan fingerprint density at radius 3 is 2.55 bits per heavy atom. The van der Waals surface area contributed by atoms with Crippen LogP contribution in [0.2, 0.25) is 5.02 Å². The SMILES string of the molecule is Cc1nc(-c2ccc(Cl)cc2)sc1C(=O)N1CCNCC1.Cl. The third kappa shape index (κ3) is 3.60. The predicted octanol–water partition coefficient (Wildman–Crippen LogP) is 3.24. The Balaban J connectivity index is 0.00000176. The van der Waals surface area contributed by atoms with Crippen molar-refractivity contribution in [2.45, 2.75) is 6.92 Å². The first kappa shape index (κ1) is 17.2. The van der Waals surface area contributed by atoms with Gasteiger partial charge in [0, 0.05) is 36.8 Å². The number of piperazine rings is 1. The van der Waals surface area contributed by atoms with Crippen molar-refractivity contribution in [1.29, 1.82) is 0 Å². The number of carbonyl (C=O) groups excluding carboxylic acids is 1. The topological polar surface area (TPSA) is 45.2 Å². The summed E-state index contributed by atoms with van der Waals surface area (Å²) in [5, 5.41) is 4.82. The minimum absolute atomic E-state index is 0. The van der Waals surface area contributed by atoms with Crippen LogP contribution in [0.4, 0.5) is 0 Å². The summed E-state index contributed by atoms with van der Waals surface area (Å²) in [5.74, 6) is 0.0895. The number of benzene rings is 1. The Labute approximate surface area is 144 Å². The lowest BCUT2D eigenvalue weighted by atomic mass is 10.2. The molecule has 1 N–H and O–H groups in total. The van der Waals surface area contributed by atoms with Gasteiger partial charge in [0.05, 0.1) is 5.69 Å². The normalized spacial score (nSPS) is 14.5. The monoisotopic (exact) mass is 357 g/mol. The molecule has 4 nitrogen and oxygen atoms in total. The van der Waals surface area contributed by atoms with Crippen LogP contribution in [0, 0.1) is 6.92 Å². The number of aromatic nitrogens is 1. The Morgan fingerprint density at radius 1 is 1.27 bits per heavy atom. The molecule has 0 saturated carbocycles. The molecule has 2 heterocycles. The van der Waals surface area contributed by atoms with Crippen molar-refractivity contribution < 1.29 is 4.79 Å². The molecule has 0 unspecified atom stereocenters. The molecule has 0 radical (unpaired) electrons. The van der Waals surface area contributed by atoms with E-state index >= 15 is 0 Å². The van der Waals surface area contributed by atoms with Gasteiger partial charge >= 0.3 is 0 Å².